The Kier molecular flexibility index (Phi) is 3.78. The van der Waals surface area contributed by atoms with Crippen LogP contribution in [0.25, 0.3) is 11.4 Å². The van der Waals surface area contributed by atoms with E-state index in [1.165, 1.54) is 0 Å². The number of amides is 1. The molecule has 1 amide bonds. The molecule has 7 nitrogen and oxygen atoms in total. The van der Waals surface area contributed by atoms with Crippen LogP contribution in [-0.4, -0.2) is 42.8 Å². The van der Waals surface area contributed by atoms with Gasteiger partial charge in [0.15, 0.2) is 0 Å². The van der Waals surface area contributed by atoms with Gasteiger partial charge < -0.3 is 10.4 Å². The number of tetrazole rings is 1. The van der Waals surface area contributed by atoms with Crippen LogP contribution >= 0.6 is 0 Å². The summed E-state index contributed by atoms with van der Waals surface area (Å²) in [5.41, 5.74) is -0.523. The number of aliphatic hydroxyl groups is 1. The van der Waals surface area contributed by atoms with E-state index in [0.717, 1.165) is 5.56 Å². The van der Waals surface area contributed by atoms with E-state index in [0.29, 0.717) is 11.4 Å². The highest BCUT2D eigenvalue weighted by Crippen LogP contribution is 2.21. The first-order chi connectivity index (χ1) is 9.71. The van der Waals surface area contributed by atoms with Crippen LogP contribution in [0.1, 0.15) is 38.1 Å². The Morgan fingerprint density at radius 2 is 1.81 bits per heavy atom. The Balaban J connectivity index is 2.14. The lowest BCUT2D eigenvalue weighted by molar-refractivity contribution is -0.00292. The normalized spacial score (nSPS) is 12.2. The fourth-order valence-electron chi connectivity index (χ4n) is 1.56. The summed E-state index contributed by atoms with van der Waals surface area (Å²) in [6.45, 7) is 6.87. The number of nitrogens with one attached hydrogen (secondary N) is 2. The van der Waals surface area contributed by atoms with E-state index in [2.05, 4.69) is 25.9 Å². The number of rotatable bonds is 4. The summed E-state index contributed by atoms with van der Waals surface area (Å²) in [6.07, 6.45) is 0. The lowest BCUT2D eigenvalue weighted by atomic mass is 9.85. The van der Waals surface area contributed by atoms with Gasteiger partial charge in [0.1, 0.15) is 0 Å². The minimum Gasteiger partial charge on any atom is -0.388 e. The number of benzene rings is 1. The average molecular weight is 289 g/mol. The number of H-pyrrole nitrogens is 1. The summed E-state index contributed by atoms with van der Waals surface area (Å²) >= 11 is 0. The maximum Gasteiger partial charge on any atom is 0.251 e. The summed E-state index contributed by atoms with van der Waals surface area (Å²) in [7, 11) is 0. The van der Waals surface area contributed by atoms with Gasteiger partial charge in [0.2, 0.25) is 5.82 Å². The molecule has 0 fully saturated rings. The van der Waals surface area contributed by atoms with E-state index in [1.807, 2.05) is 0 Å². The largest absolute Gasteiger partial charge is 0.388 e. The molecule has 0 aliphatic carbocycles. The first-order valence-corrected chi connectivity index (χ1v) is 6.59. The predicted molar refractivity (Wildman–Crippen MR) is 77.5 cm³/mol. The van der Waals surface area contributed by atoms with Gasteiger partial charge in [0.05, 0.1) is 11.1 Å². The third-order valence-corrected chi connectivity index (χ3v) is 3.71. The van der Waals surface area contributed by atoms with Crippen LogP contribution < -0.4 is 5.32 Å². The van der Waals surface area contributed by atoms with Crippen LogP contribution in [0, 0.1) is 0 Å². The van der Waals surface area contributed by atoms with E-state index in [-0.39, 0.29) is 5.91 Å². The Morgan fingerprint density at radius 1 is 1.19 bits per heavy atom. The van der Waals surface area contributed by atoms with E-state index in [9.17, 15) is 9.90 Å². The van der Waals surface area contributed by atoms with Gasteiger partial charge in [-0.05, 0) is 45.0 Å². The van der Waals surface area contributed by atoms with Gasteiger partial charge in [-0.3, -0.25) is 4.79 Å². The first-order valence-electron chi connectivity index (χ1n) is 6.59. The second kappa shape index (κ2) is 5.25. The minimum absolute atomic E-state index is 0.248. The molecule has 0 bridgehead atoms. The van der Waals surface area contributed by atoms with Gasteiger partial charge in [-0.15, -0.1) is 10.2 Å². The molecule has 1 heterocycles. The Hall–Kier alpha value is -2.28. The lowest BCUT2D eigenvalue weighted by Gasteiger charge is -2.38. The lowest BCUT2D eigenvalue weighted by Crippen LogP contribution is -2.57. The summed E-state index contributed by atoms with van der Waals surface area (Å²) in [4.78, 5) is 12.2. The van der Waals surface area contributed by atoms with Crippen molar-refractivity contribution in [2.75, 3.05) is 0 Å². The van der Waals surface area contributed by atoms with Crippen molar-refractivity contribution < 1.29 is 9.90 Å². The Labute approximate surface area is 122 Å². The molecule has 0 aliphatic heterocycles. The molecule has 0 atom stereocenters. The third-order valence-electron chi connectivity index (χ3n) is 3.71. The zero-order chi connectivity index (χ0) is 15.7. The Morgan fingerprint density at radius 3 is 2.29 bits per heavy atom. The van der Waals surface area contributed by atoms with Crippen LogP contribution in [-0.2, 0) is 0 Å². The molecule has 0 aliphatic rings. The van der Waals surface area contributed by atoms with Crippen molar-refractivity contribution in [1.82, 2.24) is 25.9 Å². The van der Waals surface area contributed by atoms with Crippen molar-refractivity contribution >= 4 is 5.91 Å². The van der Waals surface area contributed by atoms with Gasteiger partial charge in [-0.1, -0.05) is 12.1 Å². The summed E-state index contributed by atoms with van der Waals surface area (Å²) < 4.78 is 0. The monoisotopic (exact) mass is 289 g/mol. The number of hydrogen-bond acceptors (Lipinski definition) is 5. The van der Waals surface area contributed by atoms with Crippen LogP contribution in [0.2, 0.25) is 0 Å². The molecule has 21 heavy (non-hydrogen) atoms. The molecule has 0 saturated carbocycles. The average Bonchev–Trinajstić information content (AvgIpc) is 2.91. The molecule has 0 radical (unpaired) electrons. The molecular formula is C14H19N5O2. The number of carbonyl (C=O) groups is 1. The highest BCUT2D eigenvalue weighted by Gasteiger charge is 2.36. The molecule has 3 N–H and O–H groups in total. The molecular weight excluding hydrogens is 270 g/mol. The molecule has 0 saturated heterocycles. The van der Waals surface area contributed by atoms with Gasteiger partial charge >= 0.3 is 0 Å². The maximum atomic E-state index is 12.2. The quantitative estimate of drug-likeness (QED) is 0.783. The first kappa shape index (κ1) is 15.1. The zero-order valence-electron chi connectivity index (χ0n) is 12.5. The molecule has 0 spiro atoms. The van der Waals surface area contributed by atoms with Crippen LogP contribution in [0.15, 0.2) is 24.3 Å². The SMILES string of the molecule is CC(C)(O)C(C)(C)NC(=O)c1ccc(-c2nn[nH]n2)cc1. The predicted octanol–water partition coefficient (Wildman–Crippen LogP) is 1.15. The third kappa shape index (κ3) is 3.25. The number of aromatic amines is 1. The van der Waals surface area contributed by atoms with Crippen LogP contribution in [0.4, 0.5) is 0 Å². The number of nitrogens with zero attached hydrogens (tertiary/aromatic N) is 3. The number of hydrogen-bond donors (Lipinski definition) is 3. The standard InChI is InChI=1S/C14H19N5O2/c1-13(2,14(3,4)21)15-12(20)10-7-5-9(6-8-10)11-16-18-19-17-11/h5-8,21H,1-4H3,(H,15,20)(H,16,17,18,19). The molecule has 1 aromatic carbocycles. The topological polar surface area (TPSA) is 104 Å². The van der Waals surface area contributed by atoms with E-state index in [4.69, 9.17) is 0 Å². The second-order valence-corrected chi connectivity index (χ2v) is 5.95. The molecule has 2 rings (SSSR count). The highest BCUT2D eigenvalue weighted by molar-refractivity contribution is 5.95. The fraction of sp³-hybridized carbons (Fsp3) is 0.429. The van der Waals surface area contributed by atoms with Crippen molar-refractivity contribution in [3.05, 3.63) is 29.8 Å². The Bertz CT molecular complexity index is 612. The van der Waals surface area contributed by atoms with Crippen LogP contribution in [0.5, 0.6) is 0 Å². The van der Waals surface area contributed by atoms with Crippen molar-refractivity contribution in [2.24, 2.45) is 0 Å². The van der Waals surface area contributed by atoms with Gasteiger partial charge in [-0.25, -0.2) is 0 Å². The number of carbonyl (C=O) groups excluding carboxylic acids is 1. The molecule has 7 heteroatoms. The molecule has 0 unspecified atom stereocenters. The van der Waals surface area contributed by atoms with Gasteiger partial charge in [0.25, 0.3) is 5.91 Å². The van der Waals surface area contributed by atoms with E-state index in [1.54, 1.807) is 52.0 Å². The zero-order valence-corrected chi connectivity index (χ0v) is 12.5. The minimum atomic E-state index is -1.03. The highest BCUT2D eigenvalue weighted by atomic mass is 16.3. The smallest absolute Gasteiger partial charge is 0.251 e. The summed E-state index contributed by atoms with van der Waals surface area (Å²) in [5.74, 6) is 0.223. The van der Waals surface area contributed by atoms with Crippen molar-refractivity contribution in [2.45, 2.75) is 38.8 Å². The van der Waals surface area contributed by atoms with E-state index < -0.39 is 11.1 Å². The summed E-state index contributed by atoms with van der Waals surface area (Å²) in [5, 5.41) is 26.5. The van der Waals surface area contributed by atoms with Crippen molar-refractivity contribution in [3.8, 4) is 11.4 Å². The molecule has 112 valence electrons. The van der Waals surface area contributed by atoms with E-state index >= 15 is 0 Å². The van der Waals surface area contributed by atoms with Gasteiger partial charge in [-0.2, -0.15) is 5.21 Å². The van der Waals surface area contributed by atoms with Gasteiger partial charge in [0, 0.05) is 11.1 Å². The van der Waals surface area contributed by atoms with Crippen molar-refractivity contribution in [1.29, 1.82) is 0 Å². The van der Waals surface area contributed by atoms with Crippen molar-refractivity contribution in [3.63, 3.8) is 0 Å². The van der Waals surface area contributed by atoms with Crippen LogP contribution in [0.3, 0.4) is 0 Å². The number of aromatic nitrogens is 4. The summed E-state index contributed by atoms with van der Waals surface area (Å²) in [6, 6.07) is 6.86. The second-order valence-electron chi connectivity index (χ2n) is 5.95. The molecule has 2 aromatic rings. The maximum absolute atomic E-state index is 12.2. The molecule has 1 aromatic heterocycles. The fourth-order valence-corrected chi connectivity index (χ4v) is 1.56.